The van der Waals surface area contributed by atoms with Crippen LogP contribution in [0.4, 0.5) is 0 Å². The largest absolute Gasteiger partial charge is 0.463 e. The Balaban J connectivity index is 0.000000250. The third kappa shape index (κ3) is 17.2. The van der Waals surface area contributed by atoms with Crippen molar-refractivity contribution in [2.75, 3.05) is 32.6 Å². The molecule has 0 aliphatic carbocycles. The number of hydrogen-bond donors (Lipinski definition) is 3. The molecular weight excluding hydrogens is 1080 g/mol. The Hall–Kier alpha value is -5.55. The number of amides is 2. The number of carbonyl (C=O) groups excluding carboxylic acids is 4. The fourth-order valence-electron chi connectivity index (χ4n) is 9.17. The molecule has 440 valence electrons. The van der Waals surface area contributed by atoms with Gasteiger partial charge in [-0.15, -0.1) is 0 Å². The lowest BCUT2D eigenvalue weighted by atomic mass is 10.1. The monoisotopic (exact) mass is 1160 g/mol. The number of aliphatic hydroxyl groups is 1. The molecule has 5 aliphatic heterocycles. The summed E-state index contributed by atoms with van der Waals surface area (Å²) in [5, 5.41) is 7.00. The van der Waals surface area contributed by atoms with Gasteiger partial charge in [-0.3, -0.25) is 28.2 Å². The second-order valence-corrected chi connectivity index (χ2v) is 25.0. The van der Waals surface area contributed by atoms with Crippen LogP contribution in [-0.4, -0.2) is 133 Å². The van der Waals surface area contributed by atoms with E-state index in [4.69, 9.17) is 72.6 Å². The molecule has 3 aromatic rings. The van der Waals surface area contributed by atoms with E-state index in [2.05, 4.69) is 0 Å². The average molecular weight is 1160 g/mol. The van der Waals surface area contributed by atoms with Crippen molar-refractivity contribution in [2.45, 2.75) is 149 Å². The summed E-state index contributed by atoms with van der Waals surface area (Å²) in [7, 11) is -6.74. The minimum Gasteiger partial charge on any atom is -0.463 e. The van der Waals surface area contributed by atoms with Crippen LogP contribution in [0, 0.1) is 11.8 Å². The summed E-state index contributed by atoms with van der Waals surface area (Å²) >= 11 is 0. The van der Waals surface area contributed by atoms with Gasteiger partial charge >= 0.3 is 27.1 Å². The van der Waals surface area contributed by atoms with E-state index in [-0.39, 0.29) is 37.7 Å². The van der Waals surface area contributed by atoms with E-state index >= 15 is 0 Å². The van der Waals surface area contributed by atoms with Crippen LogP contribution >= 0.6 is 15.2 Å². The lowest BCUT2D eigenvalue weighted by Crippen LogP contribution is -2.46. The molecule has 2 amide bonds. The minimum absolute atomic E-state index is 0.156. The Morgan fingerprint density at radius 3 is 1.60 bits per heavy atom. The van der Waals surface area contributed by atoms with E-state index in [1.165, 1.54) is 0 Å². The number of aromatic nitrogens is 1. The molecule has 4 unspecified atom stereocenters. The molecule has 0 spiro atoms. The number of hydrogen-bond acceptors (Lipinski definition) is 20. The lowest BCUT2D eigenvalue weighted by molar-refractivity contribution is -0.766. The first-order valence-electron chi connectivity index (χ1n) is 26.3. The number of pyridine rings is 1. The number of ether oxygens (including phenoxy) is 8. The SMILES string of the molecule is CC(C)OC(=O)[C@H](C)CP(=O)(OCC1O[C@@H](N2C=CCC(C(N)=O)=C2)[C@@H]2OC(C)(C)O[C@H]12)Oc1ccccc1.CC(C)OC(=O)[C@H](C)CP(=O)(OCC1O[C@@H]([n+]2cccc(C(N)=O)c2)[C@@H]2OC(C)(C)O[C@H]12)Oc1ccccc1.CO. The summed E-state index contributed by atoms with van der Waals surface area (Å²) in [5.41, 5.74) is 11.7. The van der Waals surface area contributed by atoms with E-state index in [1.54, 1.807) is 176 Å². The molecule has 80 heavy (non-hydrogen) atoms. The van der Waals surface area contributed by atoms with Gasteiger partial charge in [0, 0.05) is 31.1 Å². The second-order valence-electron chi connectivity index (χ2n) is 21.0. The van der Waals surface area contributed by atoms with Gasteiger partial charge < -0.3 is 68.4 Å². The normalized spacial score (nSPS) is 26.4. The molecule has 5 aliphatic rings. The van der Waals surface area contributed by atoms with Crippen molar-refractivity contribution in [2.24, 2.45) is 23.3 Å². The van der Waals surface area contributed by atoms with Gasteiger partial charge in [0.2, 0.25) is 5.91 Å². The van der Waals surface area contributed by atoms with Crippen molar-refractivity contribution < 1.29 is 94.0 Å². The van der Waals surface area contributed by atoms with Crippen molar-refractivity contribution in [3.8, 4) is 11.5 Å². The summed E-state index contributed by atoms with van der Waals surface area (Å²) in [6, 6.07) is 20.5. The van der Waals surface area contributed by atoms with Crippen LogP contribution in [-0.2, 0) is 70.5 Å². The maximum absolute atomic E-state index is 14.0. The number of aliphatic hydroxyl groups excluding tert-OH is 1. The van der Waals surface area contributed by atoms with E-state index in [1.807, 2.05) is 6.08 Å². The minimum atomic E-state index is -3.87. The summed E-state index contributed by atoms with van der Waals surface area (Å²) in [4.78, 5) is 50.2. The Morgan fingerprint density at radius 2 is 1.12 bits per heavy atom. The van der Waals surface area contributed by atoms with Gasteiger partial charge in [0.15, 0.2) is 36.3 Å². The molecule has 1 aromatic heterocycles. The number of benzene rings is 2. The smallest absolute Gasteiger partial charge is 0.380 e. The average Bonchev–Trinajstić information content (AvgIpc) is 4.15. The molecule has 0 radical (unpaired) electrons. The summed E-state index contributed by atoms with van der Waals surface area (Å²) in [5.74, 6) is -4.70. The highest BCUT2D eigenvalue weighted by Crippen LogP contribution is 2.53. The number of nitrogens with zero attached hydrogens (tertiary/aromatic N) is 2. The van der Waals surface area contributed by atoms with Crippen molar-refractivity contribution >= 4 is 38.9 Å². The van der Waals surface area contributed by atoms with Crippen LogP contribution in [0.2, 0.25) is 0 Å². The zero-order chi connectivity index (χ0) is 58.7. The fraction of sp³-hybridized carbons (Fsp3) is 0.545. The van der Waals surface area contributed by atoms with Crippen LogP contribution in [0.25, 0.3) is 0 Å². The molecule has 0 saturated carbocycles. The van der Waals surface area contributed by atoms with Crippen molar-refractivity contribution in [3.05, 3.63) is 115 Å². The molecule has 5 N–H and O–H groups in total. The lowest BCUT2D eigenvalue weighted by Gasteiger charge is -2.31. The van der Waals surface area contributed by atoms with Gasteiger partial charge in [0.1, 0.15) is 47.6 Å². The number of primary amides is 2. The number of esters is 2. The summed E-state index contributed by atoms with van der Waals surface area (Å²) < 4.78 is 101. The van der Waals surface area contributed by atoms with E-state index in [0.717, 1.165) is 7.11 Å². The number of allylic oxidation sites excluding steroid dienone is 1. The van der Waals surface area contributed by atoms with Gasteiger partial charge in [-0.1, -0.05) is 56.3 Å². The summed E-state index contributed by atoms with van der Waals surface area (Å²) in [6.07, 6.45) is 3.04. The third-order valence-corrected chi connectivity index (χ3v) is 16.6. The van der Waals surface area contributed by atoms with Gasteiger partial charge in [0.05, 0.1) is 49.6 Å². The Bertz CT molecular complexity index is 2750. The summed E-state index contributed by atoms with van der Waals surface area (Å²) in [6.45, 7) is 17.1. The van der Waals surface area contributed by atoms with Crippen LogP contribution < -0.4 is 25.1 Å². The molecule has 6 heterocycles. The highest BCUT2D eigenvalue weighted by Gasteiger charge is 2.60. The van der Waals surface area contributed by atoms with Crippen molar-refractivity contribution in [3.63, 3.8) is 0 Å². The Morgan fingerprint density at radius 1 is 0.662 bits per heavy atom. The maximum atomic E-state index is 14.0. The van der Waals surface area contributed by atoms with Crippen molar-refractivity contribution in [1.29, 1.82) is 0 Å². The van der Waals surface area contributed by atoms with Crippen LogP contribution in [0.3, 0.4) is 0 Å². The molecule has 8 rings (SSSR count). The van der Waals surface area contributed by atoms with Gasteiger partial charge in [0.25, 0.3) is 12.1 Å². The zero-order valence-electron chi connectivity index (χ0n) is 47.0. The molecule has 0 bridgehead atoms. The third-order valence-electron chi connectivity index (χ3n) is 12.5. The first-order valence-corrected chi connectivity index (χ1v) is 29.8. The highest BCUT2D eigenvalue weighted by molar-refractivity contribution is 7.54. The number of nitrogens with two attached hydrogens (primary N) is 2. The van der Waals surface area contributed by atoms with Gasteiger partial charge in [-0.05, 0) is 92.1 Å². The first kappa shape index (κ1) is 63.6. The predicted molar refractivity (Wildman–Crippen MR) is 288 cm³/mol. The molecule has 23 nitrogen and oxygen atoms in total. The van der Waals surface area contributed by atoms with Crippen LogP contribution in [0.15, 0.2) is 109 Å². The Labute approximate surface area is 467 Å². The fourth-order valence-corrected chi connectivity index (χ4v) is 12.9. The van der Waals surface area contributed by atoms with E-state index in [0.29, 0.717) is 29.1 Å². The standard InChI is InChI=1S/C27H37N2O9P.C27H35N2O9P.CH4O/c2*1-17(2)34-26(31)18(3)16-39(32,38-20-11-7-6-8-12-20)33-15-21-22-23(37-27(4,5)36-22)25(35-21)29-13-9-10-19(14-29)24(28)30;1-2/h6-9,11-14,17-18,21-23,25H,10,15-16H2,1-5H3,(H2,28,30);6-14,17-18,21-23,25H,15-16H2,1-5H3,(H-,28,30);2H,1H3/p+1/t2*18-,21?,22-,23-,25-,39?;/m11./s1. The highest BCUT2D eigenvalue weighted by atomic mass is 31.2. The van der Waals surface area contributed by atoms with Crippen molar-refractivity contribution in [1.82, 2.24) is 4.90 Å². The molecule has 4 fully saturated rings. The zero-order valence-corrected chi connectivity index (χ0v) is 48.8. The molecule has 12 atom stereocenters. The Kier molecular flexibility index (Phi) is 21.9. The molecule has 25 heteroatoms. The maximum Gasteiger partial charge on any atom is 0.380 e. The molecular formula is C55H77N4O19P2+. The number of fused-ring (bicyclic) bond motifs is 2. The van der Waals surface area contributed by atoms with E-state index in [9.17, 15) is 28.3 Å². The number of rotatable bonds is 22. The van der Waals surface area contributed by atoms with Crippen LogP contribution in [0.5, 0.6) is 11.5 Å². The number of para-hydroxylation sites is 2. The number of carbonyl (C=O) groups is 4. The topological polar surface area (TPSA) is 293 Å². The second kappa shape index (κ2) is 27.5. The quantitative estimate of drug-likeness (QED) is 0.0537. The van der Waals surface area contributed by atoms with Gasteiger partial charge in [-0.25, -0.2) is 9.13 Å². The molecule has 2 aromatic carbocycles. The predicted octanol–water partition coefficient (Wildman–Crippen LogP) is 6.67. The van der Waals surface area contributed by atoms with E-state index < -0.39 is 111 Å². The molecule has 4 saturated heterocycles. The van der Waals surface area contributed by atoms with Gasteiger partial charge in [-0.2, -0.15) is 4.57 Å². The first-order chi connectivity index (χ1) is 37.7. The van der Waals surface area contributed by atoms with Crippen LogP contribution in [0.1, 0.15) is 92.2 Å².